The molecule has 6 aromatic rings. The molecule has 0 saturated heterocycles. The van der Waals surface area contributed by atoms with Crippen molar-refractivity contribution in [2.75, 3.05) is 11.9 Å². The van der Waals surface area contributed by atoms with Crippen LogP contribution in [0.2, 0.25) is 0 Å². The van der Waals surface area contributed by atoms with Crippen LogP contribution < -0.4 is 5.32 Å². The highest BCUT2D eigenvalue weighted by Crippen LogP contribution is 2.41. The molecule has 0 aliphatic carbocycles. The number of benzene rings is 1. The van der Waals surface area contributed by atoms with Gasteiger partial charge in [0.05, 0.1) is 30.0 Å². The summed E-state index contributed by atoms with van der Waals surface area (Å²) in [4.78, 5) is 16.2. The molecule has 11 heteroatoms. The Balaban J connectivity index is 1.38. The summed E-state index contributed by atoms with van der Waals surface area (Å²) in [5, 5.41) is 12.3. The average molecular weight is 475 g/mol. The van der Waals surface area contributed by atoms with E-state index >= 15 is 0 Å². The number of nitrogens with zero attached hydrogens (tertiary/aromatic N) is 6. The minimum atomic E-state index is -0.530. The summed E-state index contributed by atoms with van der Waals surface area (Å²) < 4.78 is 32.2. The van der Waals surface area contributed by atoms with Gasteiger partial charge in [0.25, 0.3) is 0 Å². The van der Waals surface area contributed by atoms with Gasteiger partial charge >= 0.3 is 0 Å². The van der Waals surface area contributed by atoms with E-state index < -0.39 is 11.6 Å². The van der Waals surface area contributed by atoms with Gasteiger partial charge in [0.2, 0.25) is 5.95 Å². The molecule has 0 amide bonds. The zero-order valence-electron chi connectivity index (χ0n) is 17.5. The molecule has 2 N–H and O–H groups in total. The largest absolute Gasteiger partial charge is 0.352 e. The summed E-state index contributed by atoms with van der Waals surface area (Å²) in [6.45, 7) is 1.06. The summed E-state index contributed by atoms with van der Waals surface area (Å²) in [6.07, 6.45) is 7.44. The van der Waals surface area contributed by atoms with E-state index in [1.807, 2.05) is 24.3 Å². The van der Waals surface area contributed by atoms with E-state index in [1.54, 1.807) is 29.3 Å². The lowest BCUT2D eigenvalue weighted by Crippen LogP contribution is -2.13. The molecule has 0 atom stereocenters. The topological polar surface area (TPSA) is 97.2 Å². The van der Waals surface area contributed by atoms with Crippen LogP contribution in [0.5, 0.6) is 0 Å². The van der Waals surface area contributed by atoms with Gasteiger partial charge in [-0.25, -0.2) is 23.7 Å². The average Bonchev–Trinajstić information content (AvgIpc) is 3.60. The molecule has 6 rings (SSSR count). The number of nitrogens with one attached hydrogen (secondary N) is 2. The molecule has 5 heterocycles. The Kier molecular flexibility index (Phi) is 4.95. The molecule has 0 aliphatic rings. The zero-order chi connectivity index (χ0) is 23.1. The molecule has 0 aliphatic heterocycles. The van der Waals surface area contributed by atoms with Crippen LogP contribution in [0.4, 0.5) is 14.7 Å². The number of pyridine rings is 1. The van der Waals surface area contributed by atoms with Crippen molar-refractivity contribution in [3.63, 3.8) is 0 Å². The van der Waals surface area contributed by atoms with Gasteiger partial charge < -0.3 is 10.3 Å². The van der Waals surface area contributed by atoms with E-state index in [-0.39, 0.29) is 5.69 Å². The second-order valence-corrected chi connectivity index (χ2v) is 8.59. The first-order valence-corrected chi connectivity index (χ1v) is 11.2. The van der Waals surface area contributed by atoms with E-state index in [2.05, 4.69) is 35.6 Å². The molecule has 0 unspecified atom stereocenters. The standard InChI is InChI=1S/C23H16F2N8S/c24-16-11-28-22-15(4-5-26-22)19(16)14-3-1-2-13-10-18(34-21(13)14)20-17(25)12-29-23(31-20)27-6-8-33-9-7-30-32-33/h1-5,7,9-12H,6,8H2,(H,26,28)(H,27,29,31). The molecular weight excluding hydrogens is 458 g/mol. The molecule has 0 saturated carbocycles. The first-order valence-electron chi connectivity index (χ1n) is 10.4. The van der Waals surface area contributed by atoms with Crippen LogP contribution >= 0.6 is 11.3 Å². The SMILES string of the molecule is Fc1cnc(NCCn2ccnn2)nc1-c1cc2cccc(-c3c(F)cnc4[nH]ccc34)c2s1. The first kappa shape index (κ1) is 20.4. The maximum absolute atomic E-state index is 14.9. The second kappa shape index (κ2) is 8.27. The molecule has 8 nitrogen and oxygen atoms in total. The number of rotatable bonds is 6. The molecule has 0 fully saturated rings. The van der Waals surface area contributed by atoms with E-state index in [4.69, 9.17) is 0 Å². The van der Waals surface area contributed by atoms with Gasteiger partial charge in [-0.05, 0) is 17.5 Å². The van der Waals surface area contributed by atoms with Crippen molar-refractivity contribution in [2.24, 2.45) is 0 Å². The van der Waals surface area contributed by atoms with E-state index in [1.165, 1.54) is 17.5 Å². The minimum absolute atomic E-state index is 0.187. The zero-order valence-corrected chi connectivity index (χ0v) is 18.4. The first-order chi connectivity index (χ1) is 16.7. The molecule has 5 aromatic heterocycles. The lowest BCUT2D eigenvalue weighted by Gasteiger charge is -2.07. The summed E-state index contributed by atoms with van der Waals surface area (Å²) >= 11 is 1.36. The van der Waals surface area contributed by atoms with E-state index in [9.17, 15) is 8.78 Å². The normalized spacial score (nSPS) is 11.5. The highest BCUT2D eigenvalue weighted by Gasteiger charge is 2.18. The highest BCUT2D eigenvalue weighted by atomic mass is 32.1. The van der Waals surface area contributed by atoms with Crippen molar-refractivity contribution in [1.82, 2.24) is 34.9 Å². The number of aromatic amines is 1. The molecule has 0 spiro atoms. The van der Waals surface area contributed by atoms with Gasteiger partial charge in [-0.2, -0.15) is 0 Å². The fourth-order valence-electron chi connectivity index (χ4n) is 3.89. The molecule has 0 bridgehead atoms. The summed E-state index contributed by atoms with van der Waals surface area (Å²) in [5.41, 5.74) is 1.98. The quantitative estimate of drug-likeness (QED) is 0.357. The van der Waals surface area contributed by atoms with Crippen LogP contribution in [0.15, 0.2) is 61.3 Å². The maximum atomic E-state index is 14.9. The number of hydrogen-bond donors (Lipinski definition) is 2. The van der Waals surface area contributed by atoms with Crippen molar-refractivity contribution in [3.05, 3.63) is 73.0 Å². The van der Waals surface area contributed by atoms with Gasteiger partial charge in [0, 0.05) is 40.2 Å². The maximum Gasteiger partial charge on any atom is 0.223 e. The third kappa shape index (κ3) is 3.55. The number of aromatic nitrogens is 7. The smallest absolute Gasteiger partial charge is 0.223 e. The Labute approximate surface area is 195 Å². The fraction of sp³-hybridized carbons (Fsp3) is 0.0870. The summed E-state index contributed by atoms with van der Waals surface area (Å²) in [6, 6.07) is 9.31. The van der Waals surface area contributed by atoms with Crippen molar-refractivity contribution in [1.29, 1.82) is 0 Å². The number of H-pyrrole nitrogens is 1. The number of thiophene rings is 1. The van der Waals surface area contributed by atoms with Crippen LogP contribution in [0.25, 0.3) is 42.8 Å². The monoisotopic (exact) mass is 474 g/mol. The van der Waals surface area contributed by atoms with Crippen molar-refractivity contribution in [2.45, 2.75) is 6.54 Å². The van der Waals surface area contributed by atoms with Crippen LogP contribution in [-0.2, 0) is 6.54 Å². The summed E-state index contributed by atoms with van der Waals surface area (Å²) in [5.74, 6) is -0.636. The van der Waals surface area contributed by atoms with Crippen molar-refractivity contribution < 1.29 is 8.78 Å². The Morgan fingerprint density at radius 1 is 1.09 bits per heavy atom. The number of fused-ring (bicyclic) bond motifs is 2. The second-order valence-electron chi connectivity index (χ2n) is 7.54. The van der Waals surface area contributed by atoms with Crippen LogP contribution in [0, 0.1) is 11.6 Å². The van der Waals surface area contributed by atoms with Crippen molar-refractivity contribution in [3.8, 4) is 21.7 Å². The molecule has 1 aromatic carbocycles. The van der Waals surface area contributed by atoms with Gasteiger partial charge in [-0.1, -0.05) is 23.4 Å². The highest BCUT2D eigenvalue weighted by molar-refractivity contribution is 7.22. The van der Waals surface area contributed by atoms with Crippen molar-refractivity contribution >= 4 is 38.4 Å². The fourth-order valence-corrected chi connectivity index (χ4v) is 5.06. The molecule has 168 valence electrons. The minimum Gasteiger partial charge on any atom is -0.352 e. The Hall–Kier alpha value is -4.25. The van der Waals surface area contributed by atoms with Gasteiger partial charge in [-0.15, -0.1) is 16.4 Å². The predicted molar refractivity (Wildman–Crippen MR) is 126 cm³/mol. The third-order valence-electron chi connectivity index (χ3n) is 5.43. The third-order valence-corrected chi connectivity index (χ3v) is 6.62. The van der Waals surface area contributed by atoms with Gasteiger partial charge in [0.15, 0.2) is 5.82 Å². The Bertz CT molecular complexity index is 1620. The lowest BCUT2D eigenvalue weighted by molar-refractivity contribution is 0.604. The number of anilines is 1. The number of hydrogen-bond acceptors (Lipinski definition) is 7. The van der Waals surface area contributed by atoms with Crippen LogP contribution in [0.1, 0.15) is 0 Å². The molecule has 0 radical (unpaired) electrons. The Morgan fingerprint density at radius 3 is 2.88 bits per heavy atom. The van der Waals surface area contributed by atoms with Gasteiger partial charge in [-0.3, -0.25) is 4.68 Å². The summed E-state index contributed by atoms with van der Waals surface area (Å²) in [7, 11) is 0. The van der Waals surface area contributed by atoms with E-state index in [0.717, 1.165) is 21.8 Å². The molecule has 34 heavy (non-hydrogen) atoms. The van der Waals surface area contributed by atoms with Crippen LogP contribution in [-0.4, -0.2) is 41.5 Å². The van der Waals surface area contributed by atoms with Gasteiger partial charge in [0.1, 0.15) is 17.2 Å². The lowest BCUT2D eigenvalue weighted by atomic mass is 10.0. The predicted octanol–water partition coefficient (Wildman–Crippen LogP) is 4.88. The Morgan fingerprint density at radius 2 is 2.00 bits per heavy atom. The molecular formula is C23H16F2N8S. The number of halogens is 2. The van der Waals surface area contributed by atoms with Crippen LogP contribution in [0.3, 0.4) is 0 Å². The van der Waals surface area contributed by atoms with E-state index in [0.29, 0.717) is 40.5 Å².